The number of halogens is 1. The topological polar surface area (TPSA) is 35.6 Å². The number of amides is 1. The van der Waals surface area contributed by atoms with E-state index in [4.69, 9.17) is 11.6 Å². The predicted octanol–water partition coefficient (Wildman–Crippen LogP) is 3.72. The Morgan fingerprint density at radius 3 is 2.20 bits per heavy atom. The second-order valence-corrected chi connectivity index (χ2v) is 7.10. The summed E-state index contributed by atoms with van der Waals surface area (Å²) in [5, 5.41) is 3.77. The van der Waals surface area contributed by atoms with Gasteiger partial charge < -0.3 is 10.2 Å². The zero-order valence-corrected chi connectivity index (χ0v) is 15.5. The summed E-state index contributed by atoms with van der Waals surface area (Å²) in [5.41, 5.74) is 4.38. The van der Waals surface area contributed by atoms with Gasteiger partial charge in [0, 0.05) is 42.6 Å². The SMILES string of the molecule is Cc1cc(C)cc(NC(=O)CN2CCN(c3ccc(Cl)cc3)CC2)c1. The molecule has 0 saturated carbocycles. The molecule has 3 rings (SSSR count). The molecule has 1 amide bonds. The monoisotopic (exact) mass is 357 g/mol. The molecule has 0 atom stereocenters. The van der Waals surface area contributed by atoms with E-state index in [-0.39, 0.29) is 5.91 Å². The number of hydrogen-bond donors (Lipinski definition) is 1. The number of aryl methyl sites for hydroxylation is 2. The average Bonchev–Trinajstić information content (AvgIpc) is 2.55. The van der Waals surface area contributed by atoms with Gasteiger partial charge in [0.1, 0.15) is 0 Å². The van der Waals surface area contributed by atoms with E-state index in [1.54, 1.807) is 0 Å². The van der Waals surface area contributed by atoms with Gasteiger partial charge in [-0.3, -0.25) is 9.69 Å². The van der Waals surface area contributed by atoms with Crippen LogP contribution in [0.2, 0.25) is 5.02 Å². The minimum absolute atomic E-state index is 0.0462. The van der Waals surface area contributed by atoms with Gasteiger partial charge in [0.05, 0.1) is 6.54 Å². The van der Waals surface area contributed by atoms with E-state index in [0.29, 0.717) is 6.54 Å². The van der Waals surface area contributed by atoms with Crippen molar-refractivity contribution in [3.63, 3.8) is 0 Å². The molecule has 0 bridgehead atoms. The minimum Gasteiger partial charge on any atom is -0.369 e. The van der Waals surface area contributed by atoms with Crippen LogP contribution in [0.3, 0.4) is 0 Å². The lowest BCUT2D eigenvalue weighted by atomic mass is 10.1. The van der Waals surface area contributed by atoms with Gasteiger partial charge in [-0.2, -0.15) is 0 Å². The Kier molecular flexibility index (Phi) is 5.61. The fraction of sp³-hybridized carbons (Fsp3) is 0.350. The van der Waals surface area contributed by atoms with E-state index < -0.39 is 0 Å². The van der Waals surface area contributed by atoms with Crippen molar-refractivity contribution in [3.8, 4) is 0 Å². The fourth-order valence-electron chi connectivity index (χ4n) is 3.27. The first kappa shape index (κ1) is 17.8. The van der Waals surface area contributed by atoms with Crippen LogP contribution in [0.15, 0.2) is 42.5 Å². The fourth-order valence-corrected chi connectivity index (χ4v) is 3.39. The molecule has 2 aromatic rings. The smallest absolute Gasteiger partial charge is 0.238 e. The van der Waals surface area contributed by atoms with Crippen LogP contribution in [0, 0.1) is 13.8 Å². The molecule has 5 heteroatoms. The van der Waals surface area contributed by atoms with Gasteiger partial charge >= 0.3 is 0 Å². The van der Waals surface area contributed by atoms with Gasteiger partial charge in [-0.25, -0.2) is 0 Å². The molecule has 0 aliphatic carbocycles. The zero-order valence-electron chi connectivity index (χ0n) is 14.8. The summed E-state index contributed by atoms with van der Waals surface area (Å²) in [7, 11) is 0. The first-order chi connectivity index (χ1) is 12.0. The molecule has 1 aliphatic rings. The van der Waals surface area contributed by atoms with Gasteiger partial charge in [-0.15, -0.1) is 0 Å². The van der Waals surface area contributed by atoms with Crippen LogP contribution in [0.1, 0.15) is 11.1 Å². The van der Waals surface area contributed by atoms with Crippen molar-refractivity contribution in [2.75, 3.05) is 42.9 Å². The second-order valence-electron chi connectivity index (χ2n) is 6.66. The first-order valence-electron chi connectivity index (χ1n) is 8.60. The number of benzene rings is 2. The van der Waals surface area contributed by atoms with Gasteiger partial charge in [-0.1, -0.05) is 17.7 Å². The maximum atomic E-state index is 12.3. The van der Waals surface area contributed by atoms with E-state index in [1.165, 1.54) is 5.69 Å². The molecule has 1 N–H and O–H groups in total. The Labute approximate surface area is 154 Å². The molecule has 0 unspecified atom stereocenters. The summed E-state index contributed by atoms with van der Waals surface area (Å²) in [5.74, 6) is 0.0462. The maximum Gasteiger partial charge on any atom is 0.238 e. The molecule has 25 heavy (non-hydrogen) atoms. The Morgan fingerprint density at radius 1 is 1.00 bits per heavy atom. The third kappa shape index (κ3) is 4.97. The highest BCUT2D eigenvalue weighted by Crippen LogP contribution is 2.19. The normalized spacial score (nSPS) is 15.2. The third-order valence-corrected chi connectivity index (χ3v) is 4.69. The Bertz CT molecular complexity index is 717. The third-order valence-electron chi connectivity index (χ3n) is 4.44. The number of carbonyl (C=O) groups is 1. The predicted molar refractivity (Wildman–Crippen MR) is 105 cm³/mol. The standard InChI is InChI=1S/C20H24ClN3O/c1-15-11-16(2)13-18(12-15)22-20(25)14-23-7-9-24(10-8-23)19-5-3-17(21)4-6-19/h3-6,11-13H,7-10,14H2,1-2H3,(H,22,25). The zero-order chi connectivity index (χ0) is 17.8. The van der Waals surface area contributed by atoms with Crippen LogP contribution in [0.5, 0.6) is 0 Å². The van der Waals surface area contributed by atoms with Crippen molar-refractivity contribution in [1.82, 2.24) is 4.90 Å². The lowest BCUT2D eigenvalue weighted by Crippen LogP contribution is -2.48. The molecule has 0 aromatic heterocycles. The summed E-state index contributed by atoms with van der Waals surface area (Å²) >= 11 is 5.95. The number of carbonyl (C=O) groups excluding carboxylic acids is 1. The average molecular weight is 358 g/mol. The second kappa shape index (κ2) is 7.89. The van der Waals surface area contributed by atoms with Crippen LogP contribution >= 0.6 is 11.6 Å². The van der Waals surface area contributed by atoms with Crippen LogP contribution < -0.4 is 10.2 Å². The van der Waals surface area contributed by atoms with Crippen LogP contribution in [0.25, 0.3) is 0 Å². The summed E-state index contributed by atoms with van der Waals surface area (Å²) in [6.07, 6.45) is 0. The molecule has 0 spiro atoms. The number of anilines is 2. The first-order valence-corrected chi connectivity index (χ1v) is 8.98. The maximum absolute atomic E-state index is 12.3. The van der Waals surface area contributed by atoms with Gasteiger partial charge in [0.2, 0.25) is 5.91 Å². The lowest BCUT2D eigenvalue weighted by Gasteiger charge is -2.35. The molecule has 4 nitrogen and oxygen atoms in total. The number of rotatable bonds is 4. The summed E-state index contributed by atoms with van der Waals surface area (Å²) < 4.78 is 0. The van der Waals surface area contributed by atoms with Crippen molar-refractivity contribution < 1.29 is 4.79 Å². The minimum atomic E-state index is 0.0462. The number of piperazine rings is 1. The molecular formula is C20H24ClN3O. The molecule has 2 aromatic carbocycles. The quantitative estimate of drug-likeness (QED) is 0.905. The highest BCUT2D eigenvalue weighted by atomic mass is 35.5. The van der Waals surface area contributed by atoms with Crippen molar-refractivity contribution in [2.24, 2.45) is 0 Å². The van der Waals surface area contributed by atoms with Crippen molar-refractivity contribution >= 4 is 28.9 Å². The van der Waals surface area contributed by atoms with Gasteiger partial charge in [0.15, 0.2) is 0 Å². The highest BCUT2D eigenvalue weighted by Gasteiger charge is 2.19. The highest BCUT2D eigenvalue weighted by molar-refractivity contribution is 6.30. The lowest BCUT2D eigenvalue weighted by molar-refractivity contribution is -0.117. The van der Waals surface area contributed by atoms with E-state index in [9.17, 15) is 4.79 Å². The molecule has 0 radical (unpaired) electrons. The summed E-state index contributed by atoms with van der Waals surface area (Å²) in [4.78, 5) is 16.8. The number of nitrogens with one attached hydrogen (secondary N) is 1. The van der Waals surface area contributed by atoms with Crippen molar-refractivity contribution in [2.45, 2.75) is 13.8 Å². The molecule has 1 heterocycles. The van der Waals surface area contributed by atoms with E-state index in [0.717, 1.165) is 48.0 Å². The van der Waals surface area contributed by atoms with Crippen LogP contribution in [-0.4, -0.2) is 43.5 Å². The van der Waals surface area contributed by atoms with Crippen LogP contribution in [-0.2, 0) is 4.79 Å². The van der Waals surface area contributed by atoms with Crippen molar-refractivity contribution in [3.05, 3.63) is 58.6 Å². The van der Waals surface area contributed by atoms with Crippen molar-refractivity contribution in [1.29, 1.82) is 0 Å². The van der Waals surface area contributed by atoms with E-state index in [2.05, 4.69) is 21.2 Å². The summed E-state index contributed by atoms with van der Waals surface area (Å²) in [6.45, 7) is 8.10. The molecule has 1 fully saturated rings. The molecule has 1 saturated heterocycles. The van der Waals surface area contributed by atoms with Crippen LogP contribution in [0.4, 0.5) is 11.4 Å². The Hall–Kier alpha value is -2.04. The molecule has 1 aliphatic heterocycles. The van der Waals surface area contributed by atoms with Gasteiger partial charge in [-0.05, 0) is 61.4 Å². The summed E-state index contributed by atoms with van der Waals surface area (Å²) in [6, 6.07) is 14.0. The van der Waals surface area contributed by atoms with E-state index in [1.807, 2.05) is 50.2 Å². The molecular weight excluding hydrogens is 334 g/mol. The largest absolute Gasteiger partial charge is 0.369 e. The molecule has 132 valence electrons. The van der Waals surface area contributed by atoms with Gasteiger partial charge in [0.25, 0.3) is 0 Å². The number of hydrogen-bond acceptors (Lipinski definition) is 3. The Balaban J connectivity index is 1.50. The number of nitrogens with zero attached hydrogens (tertiary/aromatic N) is 2. The Morgan fingerprint density at radius 2 is 1.60 bits per heavy atom. The van der Waals surface area contributed by atoms with E-state index >= 15 is 0 Å².